The van der Waals surface area contributed by atoms with E-state index in [0.29, 0.717) is 31.2 Å². The van der Waals surface area contributed by atoms with Crippen molar-refractivity contribution in [3.63, 3.8) is 0 Å². The SMILES string of the molecule is CCOCCOc1ccc(NCC(=O)Nc2cccc(NC(=O)c3ccco3)c2)cc1. The van der Waals surface area contributed by atoms with E-state index >= 15 is 0 Å². The molecule has 3 rings (SSSR count). The number of nitrogens with one attached hydrogen (secondary N) is 3. The average Bonchev–Trinajstić information content (AvgIpc) is 3.32. The summed E-state index contributed by atoms with van der Waals surface area (Å²) in [6.07, 6.45) is 1.43. The second-order valence-electron chi connectivity index (χ2n) is 6.48. The molecule has 3 aromatic rings. The van der Waals surface area contributed by atoms with Crippen molar-refractivity contribution in [2.24, 2.45) is 0 Å². The van der Waals surface area contributed by atoms with E-state index in [-0.39, 0.29) is 24.1 Å². The van der Waals surface area contributed by atoms with Crippen LogP contribution in [0.2, 0.25) is 0 Å². The van der Waals surface area contributed by atoms with Gasteiger partial charge in [-0.25, -0.2) is 0 Å². The summed E-state index contributed by atoms with van der Waals surface area (Å²) >= 11 is 0. The van der Waals surface area contributed by atoms with Crippen molar-refractivity contribution in [1.82, 2.24) is 0 Å². The Hall–Kier alpha value is -3.78. The number of hydrogen-bond donors (Lipinski definition) is 3. The Kier molecular flexibility index (Phi) is 8.07. The molecule has 0 bridgehead atoms. The zero-order chi connectivity index (χ0) is 21.9. The molecule has 0 unspecified atom stereocenters. The number of furan rings is 1. The van der Waals surface area contributed by atoms with Crippen molar-refractivity contribution in [3.8, 4) is 5.75 Å². The minimum absolute atomic E-state index is 0.0908. The highest BCUT2D eigenvalue weighted by Crippen LogP contribution is 2.17. The van der Waals surface area contributed by atoms with E-state index in [1.54, 1.807) is 36.4 Å². The molecule has 0 aliphatic heterocycles. The topological polar surface area (TPSA) is 102 Å². The standard InChI is InChI=1S/C23H25N3O5/c1-2-29-13-14-30-20-10-8-17(9-11-20)24-16-22(27)25-18-5-3-6-19(15-18)26-23(28)21-7-4-12-31-21/h3-12,15,24H,2,13-14,16H2,1H3,(H,25,27)(H,26,28). The fourth-order valence-corrected chi connectivity index (χ4v) is 2.69. The van der Waals surface area contributed by atoms with Crippen LogP contribution in [-0.2, 0) is 9.53 Å². The molecule has 1 aromatic heterocycles. The summed E-state index contributed by atoms with van der Waals surface area (Å²) in [4.78, 5) is 24.3. The van der Waals surface area contributed by atoms with Gasteiger partial charge < -0.3 is 29.8 Å². The van der Waals surface area contributed by atoms with Crippen LogP contribution in [0.4, 0.5) is 17.1 Å². The maximum atomic E-state index is 12.3. The predicted octanol–water partition coefficient (Wildman–Crippen LogP) is 4.00. The fourth-order valence-electron chi connectivity index (χ4n) is 2.69. The molecule has 0 spiro atoms. The lowest BCUT2D eigenvalue weighted by atomic mass is 10.2. The van der Waals surface area contributed by atoms with Crippen molar-refractivity contribution < 1.29 is 23.5 Å². The fraction of sp³-hybridized carbons (Fsp3) is 0.217. The first kappa shape index (κ1) is 21.9. The molecule has 0 aliphatic carbocycles. The van der Waals surface area contributed by atoms with Crippen molar-refractivity contribution in [2.45, 2.75) is 6.92 Å². The molecule has 0 saturated carbocycles. The van der Waals surface area contributed by atoms with E-state index in [2.05, 4.69) is 16.0 Å². The minimum Gasteiger partial charge on any atom is -0.491 e. The van der Waals surface area contributed by atoms with Gasteiger partial charge in [0.05, 0.1) is 19.4 Å². The Labute approximate surface area is 180 Å². The normalized spacial score (nSPS) is 10.4. The Morgan fingerprint density at radius 3 is 2.39 bits per heavy atom. The minimum atomic E-state index is -0.361. The number of amides is 2. The van der Waals surface area contributed by atoms with E-state index in [1.807, 2.05) is 31.2 Å². The first-order valence-corrected chi connectivity index (χ1v) is 9.93. The maximum Gasteiger partial charge on any atom is 0.291 e. The van der Waals surface area contributed by atoms with Gasteiger partial charge >= 0.3 is 0 Å². The molecule has 0 saturated heterocycles. The van der Waals surface area contributed by atoms with Crippen molar-refractivity contribution in [3.05, 3.63) is 72.7 Å². The highest BCUT2D eigenvalue weighted by Gasteiger charge is 2.09. The van der Waals surface area contributed by atoms with Crippen molar-refractivity contribution in [1.29, 1.82) is 0 Å². The molecule has 0 aliphatic rings. The number of ether oxygens (including phenoxy) is 2. The van der Waals surface area contributed by atoms with Crippen LogP contribution in [0.3, 0.4) is 0 Å². The summed E-state index contributed by atoms with van der Waals surface area (Å²) in [5, 5.41) is 8.58. The lowest BCUT2D eigenvalue weighted by Crippen LogP contribution is -2.21. The summed E-state index contributed by atoms with van der Waals surface area (Å²) in [6.45, 7) is 3.73. The third-order valence-electron chi connectivity index (χ3n) is 4.16. The van der Waals surface area contributed by atoms with Gasteiger partial charge in [0.25, 0.3) is 5.91 Å². The van der Waals surface area contributed by atoms with E-state index in [9.17, 15) is 9.59 Å². The highest BCUT2D eigenvalue weighted by atomic mass is 16.5. The summed E-state index contributed by atoms with van der Waals surface area (Å²) in [5.74, 6) is 0.375. The number of benzene rings is 2. The Bertz CT molecular complexity index is 971. The molecule has 1 heterocycles. The number of rotatable bonds is 11. The number of anilines is 3. The van der Waals surface area contributed by atoms with Gasteiger partial charge in [0.15, 0.2) is 5.76 Å². The van der Waals surface area contributed by atoms with Crippen LogP contribution in [0.1, 0.15) is 17.5 Å². The van der Waals surface area contributed by atoms with Crippen LogP contribution < -0.4 is 20.7 Å². The Morgan fingerprint density at radius 2 is 1.68 bits per heavy atom. The first-order chi connectivity index (χ1) is 15.1. The van der Waals surface area contributed by atoms with Crippen LogP contribution in [0, 0.1) is 0 Å². The van der Waals surface area contributed by atoms with Gasteiger partial charge in [-0.1, -0.05) is 6.07 Å². The first-order valence-electron chi connectivity index (χ1n) is 9.93. The lowest BCUT2D eigenvalue weighted by Gasteiger charge is -2.10. The molecular formula is C23H25N3O5. The molecule has 0 fully saturated rings. The van der Waals surface area contributed by atoms with E-state index in [0.717, 1.165) is 11.4 Å². The second kappa shape index (κ2) is 11.4. The zero-order valence-electron chi connectivity index (χ0n) is 17.2. The monoisotopic (exact) mass is 423 g/mol. The predicted molar refractivity (Wildman–Crippen MR) is 119 cm³/mol. The van der Waals surface area contributed by atoms with Gasteiger partial charge in [-0.2, -0.15) is 0 Å². The maximum absolute atomic E-state index is 12.3. The third-order valence-corrected chi connectivity index (χ3v) is 4.16. The van der Waals surface area contributed by atoms with Crippen LogP contribution in [0.25, 0.3) is 0 Å². The lowest BCUT2D eigenvalue weighted by molar-refractivity contribution is -0.114. The van der Waals surface area contributed by atoms with E-state index in [1.165, 1.54) is 6.26 Å². The van der Waals surface area contributed by atoms with Gasteiger partial charge in [0.1, 0.15) is 12.4 Å². The number of carbonyl (C=O) groups is 2. The van der Waals surface area contributed by atoms with Crippen LogP contribution in [0.15, 0.2) is 71.3 Å². The molecule has 0 radical (unpaired) electrons. The second-order valence-corrected chi connectivity index (χ2v) is 6.48. The van der Waals surface area contributed by atoms with Gasteiger partial charge in [0.2, 0.25) is 5.91 Å². The van der Waals surface area contributed by atoms with Gasteiger partial charge in [-0.15, -0.1) is 0 Å². The molecule has 2 aromatic carbocycles. The number of carbonyl (C=O) groups excluding carboxylic acids is 2. The quantitative estimate of drug-likeness (QED) is 0.403. The molecular weight excluding hydrogens is 398 g/mol. The molecule has 0 atom stereocenters. The van der Waals surface area contributed by atoms with Gasteiger partial charge in [-0.05, 0) is 61.5 Å². The molecule has 162 valence electrons. The van der Waals surface area contributed by atoms with Crippen molar-refractivity contribution >= 4 is 28.9 Å². The molecule has 3 N–H and O–H groups in total. The van der Waals surface area contributed by atoms with E-state index < -0.39 is 0 Å². The zero-order valence-corrected chi connectivity index (χ0v) is 17.2. The van der Waals surface area contributed by atoms with Crippen LogP contribution in [-0.4, -0.2) is 38.2 Å². The Morgan fingerprint density at radius 1 is 0.903 bits per heavy atom. The molecule has 2 amide bonds. The summed E-state index contributed by atoms with van der Waals surface area (Å²) < 4.78 is 15.9. The van der Waals surface area contributed by atoms with E-state index in [4.69, 9.17) is 13.9 Å². The average molecular weight is 423 g/mol. The van der Waals surface area contributed by atoms with Gasteiger partial charge in [0, 0.05) is 23.7 Å². The highest BCUT2D eigenvalue weighted by molar-refractivity contribution is 6.02. The Balaban J connectivity index is 1.45. The van der Waals surface area contributed by atoms with Crippen molar-refractivity contribution in [2.75, 3.05) is 42.3 Å². The molecule has 8 heteroatoms. The van der Waals surface area contributed by atoms with Crippen LogP contribution in [0.5, 0.6) is 5.75 Å². The smallest absolute Gasteiger partial charge is 0.291 e. The summed E-state index contributed by atoms with van der Waals surface area (Å²) in [5.41, 5.74) is 1.92. The van der Waals surface area contributed by atoms with Crippen LogP contribution >= 0.6 is 0 Å². The summed E-state index contributed by atoms with van der Waals surface area (Å²) in [7, 11) is 0. The molecule has 8 nitrogen and oxygen atoms in total. The summed E-state index contributed by atoms with van der Waals surface area (Å²) in [6, 6.07) is 17.4. The third kappa shape index (κ3) is 7.20. The largest absolute Gasteiger partial charge is 0.491 e. The van der Waals surface area contributed by atoms with Gasteiger partial charge in [-0.3, -0.25) is 9.59 Å². The number of hydrogen-bond acceptors (Lipinski definition) is 6. The molecule has 31 heavy (non-hydrogen) atoms.